The highest BCUT2D eigenvalue weighted by Gasteiger charge is 2.40. The quantitative estimate of drug-likeness (QED) is 0.194. The highest BCUT2D eigenvalue weighted by Crippen LogP contribution is 2.32. The summed E-state index contributed by atoms with van der Waals surface area (Å²) in [7, 11) is 2.95. The molecule has 0 amide bonds. The summed E-state index contributed by atoms with van der Waals surface area (Å²) < 4.78 is 44.9. The first kappa shape index (κ1) is 36.8. The van der Waals surface area contributed by atoms with Crippen LogP contribution in [-0.2, 0) is 8.37 Å². The van der Waals surface area contributed by atoms with Gasteiger partial charge < -0.3 is 39.1 Å². The maximum atomic E-state index is 6.13. The standard InChI is InChI=1S/C30H50N8O8S/c1-27(2)15-19(16-28(3,4)37-27)45-25-33-21(39-9)31-23(35-25)41-11-13-43-47-44-14-12-42-24-32-22(40-10)34-26(36-24)46-20-17-29(5,6)38-30(7,8)18-20/h19-20,37-38H,11-18H2,1-10H3. The van der Waals surface area contributed by atoms with E-state index in [9.17, 15) is 0 Å². The maximum absolute atomic E-state index is 6.13. The molecule has 2 N–H and O–H groups in total. The number of rotatable bonds is 16. The van der Waals surface area contributed by atoms with E-state index in [0.29, 0.717) is 0 Å². The summed E-state index contributed by atoms with van der Waals surface area (Å²) in [5.41, 5.74) is -0.361. The summed E-state index contributed by atoms with van der Waals surface area (Å²) in [4.78, 5) is 25.4. The van der Waals surface area contributed by atoms with Crippen LogP contribution in [0.4, 0.5) is 0 Å². The van der Waals surface area contributed by atoms with Gasteiger partial charge in [-0.1, -0.05) is 0 Å². The van der Waals surface area contributed by atoms with Crippen molar-refractivity contribution in [1.29, 1.82) is 0 Å². The molecular formula is C30H50N8O8S. The molecule has 4 heterocycles. The lowest BCUT2D eigenvalue weighted by Crippen LogP contribution is -2.60. The summed E-state index contributed by atoms with van der Waals surface area (Å²) in [6.07, 6.45) is 3.03. The Hall–Kier alpha value is -2.99. The normalized spacial score (nSPS) is 20.3. The number of hydrogen-bond donors (Lipinski definition) is 2. The van der Waals surface area contributed by atoms with E-state index in [1.807, 2.05) is 0 Å². The fraction of sp³-hybridized carbons (Fsp3) is 0.800. The predicted octanol–water partition coefficient (Wildman–Crippen LogP) is 3.50. The van der Waals surface area contributed by atoms with E-state index in [1.165, 1.54) is 14.2 Å². The molecule has 2 aromatic rings. The Bertz CT molecular complexity index is 1190. The van der Waals surface area contributed by atoms with Gasteiger partial charge in [-0.3, -0.25) is 8.37 Å². The monoisotopic (exact) mass is 682 g/mol. The van der Waals surface area contributed by atoms with Gasteiger partial charge in [-0.2, -0.15) is 0 Å². The van der Waals surface area contributed by atoms with Gasteiger partial charge in [0, 0.05) is 47.8 Å². The minimum absolute atomic E-state index is 0.0749. The lowest BCUT2D eigenvalue weighted by Gasteiger charge is -2.45. The van der Waals surface area contributed by atoms with E-state index in [0.717, 1.165) is 38.0 Å². The third kappa shape index (κ3) is 12.2. The second-order valence-corrected chi connectivity index (χ2v) is 14.9. The van der Waals surface area contributed by atoms with Crippen LogP contribution in [0.2, 0.25) is 0 Å². The average Bonchev–Trinajstić information content (AvgIpc) is 2.92. The molecule has 4 rings (SSSR count). The largest absolute Gasteiger partial charge is 0.467 e. The Balaban J connectivity index is 1.16. The van der Waals surface area contributed by atoms with Crippen LogP contribution in [0, 0.1) is 0 Å². The number of ether oxygens (including phenoxy) is 6. The second kappa shape index (κ2) is 15.5. The molecule has 16 nitrogen and oxygen atoms in total. The molecule has 2 aliphatic heterocycles. The first-order valence-electron chi connectivity index (χ1n) is 15.7. The molecule has 2 aliphatic rings. The van der Waals surface area contributed by atoms with Crippen molar-refractivity contribution in [2.75, 3.05) is 40.6 Å². The third-order valence-electron chi connectivity index (χ3n) is 7.25. The Morgan fingerprint density at radius 1 is 0.511 bits per heavy atom. The summed E-state index contributed by atoms with van der Waals surface area (Å²) >= 11 is 0.814. The molecule has 17 heteroatoms. The van der Waals surface area contributed by atoms with Crippen LogP contribution in [0.25, 0.3) is 0 Å². The van der Waals surface area contributed by atoms with Gasteiger partial charge in [-0.25, -0.2) is 0 Å². The molecule has 2 fully saturated rings. The Morgan fingerprint density at radius 2 is 0.830 bits per heavy atom. The SMILES string of the molecule is COc1nc(OCCOSOCCOc2nc(OC)nc(OC3CC(C)(C)NC(C)(C)C3)n2)nc(OC2CC(C)(C)NC(C)(C)C2)n1. The van der Waals surface area contributed by atoms with Crippen LogP contribution >= 0.6 is 12.3 Å². The molecule has 0 bridgehead atoms. The Morgan fingerprint density at radius 3 is 1.17 bits per heavy atom. The number of nitrogens with zero attached hydrogens (tertiary/aromatic N) is 6. The fourth-order valence-corrected chi connectivity index (χ4v) is 6.76. The molecule has 0 spiro atoms. The number of methoxy groups -OCH3 is 2. The fourth-order valence-electron chi connectivity index (χ4n) is 6.42. The van der Waals surface area contributed by atoms with Crippen molar-refractivity contribution in [3.63, 3.8) is 0 Å². The van der Waals surface area contributed by atoms with Crippen molar-refractivity contribution in [1.82, 2.24) is 40.5 Å². The van der Waals surface area contributed by atoms with Crippen molar-refractivity contribution in [2.24, 2.45) is 0 Å². The maximum Gasteiger partial charge on any atom is 0.326 e. The van der Waals surface area contributed by atoms with E-state index >= 15 is 0 Å². The van der Waals surface area contributed by atoms with E-state index in [2.05, 4.69) is 95.9 Å². The van der Waals surface area contributed by atoms with E-state index in [4.69, 9.17) is 36.8 Å². The molecule has 2 saturated heterocycles. The van der Waals surface area contributed by atoms with Crippen LogP contribution in [0.3, 0.4) is 0 Å². The third-order valence-corrected chi connectivity index (χ3v) is 7.78. The first-order chi connectivity index (χ1) is 22.0. The van der Waals surface area contributed by atoms with Crippen LogP contribution in [0.1, 0.15) is 81.1 Å². The van der Waals surface area contributed by atoms with Crippen LogP contribution in [-0.4, -0.2) is 105 Å². The van der Waals surface area contributed by atoms with Crippen molar-refractivity contribution in [3.05, 3.63) is 0 Å². The molecule has 0 unspecified atom stereocenters. The van der Waals surface area contributed by atoms with Crippen LogP contribution < -0.4 is 39.1 Å². The smallest absolute Gasteiger partial charge is 0.326 e. The minimum atomic E-state index is -0.0903. The number of hydrogen-bond acceptors (Lipinski definition) is 17. The van der Waals surface area contributed by atoms with E-state index < -0.39 is 0 Å². The highest BCUT2D eigenvalue weighted by molar-refractivity contribution is 7.89. The molecule has 0 radical (unpaired) electrons. The van der Waals surface area contributed by atoms with Gasteiger partial charge in [-0.05, 0) is 55.4 Å². The van der Waals surface area contributed by atoms with Gasteiger partial charge in [0.05, 0.1) is 27.4 Å². The van der Waals surface area contributed by atoms with Gasteiger partial charge in [0.1, 0.15) is 25.4 Å². The number of piperidine rings is 2. The highest BCUT2D eigenvalue weighted by atomic mass is 32.2. The average molecular weight is 683 g/mol. The first-order valence-corrected chi connectivity index (χ1v) is 16.4. The topological polar surface area (TPSA) is 175 Å². The molecule has 0 atom stereocenters. The summed E-state index contributed by atoms with van der Waals surface area (Å²) in [5.74, 6) is 0. The van der Waals surface area contributed by atoms with E-state index in [-0.39, 0.29) is 96.9 Å². The van der Waals surface area contributed by atoms with Gasteiger partial charge in [0.2, 0.25) is 0 Å². The van der Waals surface area contributed by atoms with Crippen molar-refractivity contribution in [3.8, 4) is 36.1 Å². The lowest BCUT2D eigenvalue weighted by atomic mass is 9.81. The van der Waals surface area contributed by atoms with Crippen molar-refractivity contribution < 1.29 is 36.8 Å². The Kier molecular flexibility index (Phi) is 12.1. The lowest BCUT2D eigenvalue weighted by molar-refractivity contribution is 0.0476. The van der Waals surface area contributed by atoms with Crippen molar-refractivity contribution in [2.45, 2.75) is 115 Å². The van der Waals surface area contributed by atoms with Crippen LogP contribution in [0.15, 0.2) is 0 Å². The molecule has 0 saturated carbocycles. The van der Waals surface area contributed by atoms with Crippen LogP contribution in [0.5, 0.6) is 36.1 Å². The zero-order valence-electron chi connectivity index (χ0n) is 29.2. The second-order valence-electron chi connectivity index (χ2n) is 14.3. The zero-order chi connectivity index (χ0) is 34.3. The van der Waals surface area contributed by atoms with E-state index in [1.54, 1.807) is 0 Å². The summed E-state index contributed by atoms with van der Waals surface area (Å²) in [5, 5.41) is 7.27. The van der Waals surface area contributed by atoms with Crippen molar-refractivity contribution >= 4 is 12.3 Å². The minimum Gasteiger partial charge on any atom is -0.467 e. The predicted molar refractivity (Wildman–Crippen MR) is 173 cm³/mol. The van der Waals surface area contributed by atoms with Gasteiger partial charge in [0.25, 0.3) is 0 Å². The number of aromatic nitrogens is 6. The number of nitrogens with one attached hydrogen (secondary N) is 2. The summed E-state index contributed by atoms with van der Waals surface area (Å²) in [6, 6.07) is 0.654. The Labute approximate surface area is 281 Å². The van der Waals surface area contributed by atoms with Gasteiger partial charge >= 0.3 is 36.1 Å². The molecule has 47 heavy (non-hydrogen) atoms. The summed E-state index contributed by atoms with van der Waals surface area (Å²) in [6.45, 7) is 17.9. The molecule has 0 aromatic carbocycles. The zero-order valence-corrected chi connectivity index (χ0v) is 30.0. The molecule has 2 aromatic heterocycles. The van der Waals surface area contributed by atoms with Gasteiger partial charge in [-0.15, -0.1) is 29.9 Å². The molecular weight excluding hydrogens is 632 g/mol. The van der Waals surface area contributed by atoms with Gasteiger partial charge in [0.15, 0.2) is 12.3 Å². The molecule has 264 valence electrons. The molecule has 0 aliphatic carbocycles.